The molecule has 0 radical (unpaired) electrons. The number of furan rings is 1. The van der Waals surface area contributed by atoms with E-state index in [2.05, 4.69) is 38.4 Å². The third-order valence-corrected chi connectivity index (χ3v) is 7.44. The van der Waals surface area contributed by atoms with Crippen molar-refractivity contribution in [1.29, 1.82) is 5.26 Å². The Bertz CT molecular complexity index is 1540. The fourth-order valence-corrected chi connectivity index (χ4v) is 5.03. The molecule has 1 fully saturated rings. The number of carbonyl (C=O) groups is 2. The molecule has 0 atom stereocenters. The molecule has 2 aromatic heterocycles. The molecule has 0 unspecified atom stereocenters. The number of anilines is 1. The standard InChI is InChI=1S/C31H35N5O3/c1-31(2,3)30(38)34-29(37)28-18-23-17-24(8-10-27(23)39-28)36-14-12-35(13-15-36)11-5-4-6-22-20-33-26-9-7-21(19-32)16-25(22)26/h7-10,16-18,20,33H,4-6,11-15H2,1-3H3,(H,34,37,38). The Labute approximate surface area is 228 Å². The van der Waals surface area contributed by atoms with Crippen LogP contribution in [0, 0.1) is 16.7 Å². The lowest BCUT2D eigenvalue weighted by Crippen LogP contribution is -2.46. The van der Waals surface area contributed by atoms with Crippen molar-refractivity contribution < 1.29 is 14.0 Å². The zero-order valence-corrected chi connectivity index (χ0v) is 22.8. The summed E-state index contributed by atoms with van der Waals surface area (Å²) in [6.07, 6.45) is 5.32. The summed E-state index contributed by atoms with van der Waals surface area (Å²) in [7, 11) is 0. The number of H-pyrrole nitrogens is 1. The van der Waals surface area contributed by atoms with Crippen LogP contribution in [0.1, 0.15) is 55.3 Å². The van der Waals surface area contributed by atoms with Crippen molar-refractivity contribution in [2.45, 2.75) is 40.0 Å². The van der Waals surface area contributed by atoms with Gasteiger partial charge in [-0.05, 0) is 73.8 Å². The van der Waals surface area contributed by atoms with E-state index in [0.29, 0.717) is 11.1 Å². The highest BCUT2D eigenvalue weighted by Crippen LogP contribution is 2.27. The Hall–Kier alpha value is -4.09. The van der Waals surface area contributed by atoms with Gasteiger partial charge in [0.05, 0.1) is 11.6 Å². The average molecular weight is 526 g/mol. The van der Waals surface area contributed by atoms with E-state index >= 15 is 0 Å². The molecule has 8 heteroatoms. The summed E-state index contributed by atoms with van der Waals surface area (Å²) in [6.45, 7) is 10.3. The van der Waals surface area contributed by atoms with Gasteiger partial charge in [-0.3, -0.25) is 19.8 Å². The van der Waals surface area contributed by atoms with E-state index in [1.54, 1.807) is 26.8 Å². The summed E-state index contributed by atoms with van der Waals surface area (Å²) in [5.41, 5.74) is 4.15. The molecule has 2 N–H and O–H groups in total. The Morgan fingerprint density at radius 3 is 2.59 bits per heavy atom. The van der Waals surface area contributed by atoms with E-state index in [0.717, 1.165) is 74.0 Å². The van der Waals surface area contributed by atoms with Crippen LogP contribution in [-0.4, -0.2) is 54.4 Å². The molecular formula is C31H35N5O3. The van der Waals surface area contributed by atoms with Crippen molar-refractivity contribution in [2.75, 3.05) is 37.6 Å². The third-order valence-electron chi connectivity index (χ3n) is 7.44. The van der Waals surface area contributed by atoms with Crippen LogP contribution < -0.4 is 10.2 Å². The Balaban J connectivity index is 1.11. The number of unbranched alkanes of at least 4 members (excludes halogenated alkanes) is 1. The molecule has 0 spiro atoms. The van der Waals surface area contributed by atoms with E-state index in [1.807, 2.05) is 30.3 Å². The first-order valence-electron chi connectivity index (χ1n) is 13.6. The summed E-state index contributed by atoms with van der Waals surface area (Å²) in [5, 5.41) is 13.6. The van der Waals surface area contributed by atoms with Crippen molar-refractivity contribution in [3.05, 3.63) is 65.5 Å². The van der Waals surface area contributed by atoms with Crippen LogP contribution in [0.4, 0.5) is 5.69 Å². The molecule has 8 nitrogen and oxygen atoms in total. The van der Waals surface area contributed by atoms with Gasteiger partial charge in [-0.2, -0.15) is 5.26 Å². The van der Waals surface area contributed by atoms with Crippen molar-refractivity contribution >= 4 is 39.4 Å². The second-order valence-corrected chi connectivity index (χ2v) is 11.3. The van der Waals surface area contributed by atoms with Gasteiger partial charge < -0.3 is 14.3 Å². The average Bonchev–Trinajstić information content (AvgIpc) is 3.54. The topological polar surface area (TPSA) is 105 Å². The van der Waals surface area contributed by atoms with E-state index in [1.165, 1.54) is 5.56 Å². The molecule has 0 saturated carbocycles. The number of fused-ring (bicyclic) bond motifs is 2. The zero-order chi connectivity index (χ0) is 27.6. The molecule has 3 heterocycles. The lowest BCUT2D eigenvalue weighted by molar-refractivity contribution is -0.127. The van der Waals surface area contributed by atoms with Gasteiger partial charge in [-0.25, -0.2) is 0 Å². The first kappa shape index (κ1) is 26.5. The van der Waals surface area contributed by atoms with Gasteiger partial charge in [-0.1, -0.05) is 20.8 Å². The lowest BCUT2D eigenvalue weighted by atomic mass is 9.96. The minimum absolute atomic E-state index is 0.141. The van der Waals surface area contributed by atoms with Gasteiger partial charge in [-0.15, -0.1) is 0 Å². The number of rotatable bonds is 7. The van der Waals surface area contributed by atoms with Gasteiger partial charge in [0.15, 0.2) is 5.76 Å². The fraction of sp³-hybridized carbons (Fsp3) is 0.387. The molecule has 1 aliphatic rings. The van der Waals surface area contributed by atoms with Crippen molar-refractivity contribution in [3.63, 3.8) is 0 Å². The maximum Gasteiger partial charge on any atom is 0.293 e. The van der Waals surface area contributed by atoms with Crippen molar-refractivity contribution in [3.8, 4) is 6.07 Å². The smallest absolute Gasteiger partial charge is 0.293 e. The highest BCUT2D eigenvalue weighted by Gasteiger charge is 2.25. The second-order valence-electron chi connectivity index (χ2n) is 11.3. The number of nitriles is 1. The fourth-order valence-electron chi connectivity index (χ4n) is 5.03. The van der Waals surface area contributed by atoms with Crippen molar-refractivity contribution in [2.24, 2.45) is 5.41 Å². The van der Waals surface area contributed by atoms with E-state index in [-0.39, 0.29) is 11.7 Å². The minimum Gasteiger partial charge on any atom is -0.451 e. The number of nitrogens with zero attached hydrogens (tertiary/aromatic N) is 3. The number of hydrogen-bond donors (Lipinski definition) is 2. The molecule has 0 bridgehead atoms. The summed E-state index contributed by atoms with van der Waals surface area (Å²) in [6, 6.07) is 15.7. The van der Waals surface area contributed by atoms with Gasteiger partial charge in [0.1, 0.15) is 5.58 Å². The molecular weight excluding hydrogens is 490 g/mol. The maximum absolute atomic E-state index is 12.5. The monoisotopic (exact) mass is 525 g/mol. The van der Waals surface area contributed by atoms with Crippen molar-refractivity contribution in [1.82, 2.24) is 15.2 Å². The van der Waals surface area contributed by atoms with E-state index < -0.39 is 11.3 Å². The lowest BCUT2D eigenvalue weighted by Gasteiger charge is -2.36. The summed E-state index contributed by atoms with van der Waals surface area (Å²) in [4.78, 5) is 32.9. The number of carbonyl (C=O) groups excluding carboxylic acids is 2. The number of piperazine rings is 1. The van der Waals surface area contributed by atoms with Crippen LogP contribution in [0.5, 0.6) is 0 Å². The largest absolute Gasteiger partial charge is 0.451 e. The number of aryl methyl sites for hydroxylation is 1. The number of imide groups is 1. The van der Waals surface area contributed by atoms with Crippen LogP contribution >= 0.6 is 0 Å². The number of amides is 2. The SMILES string of the molecule is CC(C)(C)C(=O)NC(=O)c1cc2cc(N3CCN(CCCCc4c[nH]c5ccc(C#N)cc45)CC3)ccc2o1. The third kappa shape index (κ3) is 5.99. The van der Waals surface area contributed by atoms with Gasteiger partial charge in [0.2, 0.25) is 5.91 Å². The highest BCUT2D eigenvalue weighted by atomic mass is 16.3. The molecule has 4 aromatic rings. The number of benzene rings is 2. The van der Waals surface area contributed by atoms with Crippen LogP contribution in [0.2, 0.25) is 0 Å². The van der Waals surface area contributed by atoms with Crippen LogP contribution in [0.3, 0.4) is 0 Å². The first-order chi connectivity index (χ1) is 18.7. The molecule has 39 heavy (non-hydrogen) atoms. The molecule has 202 valence electrons. The Morgan fingerprint density at radius 1 is 1.05 bits per heavy atom. The Kier molecular flexibility index (Phi) is 7.45. The highest BCUT2D eigenvalue weighted by molar-refractivity contribution is 6.06. The molecule has 2 aromatic carbocycles. The summed E-state index contributed by atoms with van der Waals surface area (Å²) >= 11 is 0. The molecule has 0 aliphatic carbocycles. The quantitative estimate of drug-likeness (QED) is 0.320. The Morgan fingerprint density at radius 2 is 1.85 bits per heavy atom. The van der Waals surface area contributed by atoms with Crippen LogP contribution in [-0.2, 0) is 11.2 Å². The van der Waals surface area contributed by atoms with E-state index in [9.17, 15) is 14.9 Å². The van der Waals surface area contributed by atoms with Gasteiger partial charge in [0.25, 0.3) is 5.91 Å². The minimum atomic E-state index is -0.655. The maximum atomic E-state index is 12.5. The number of aromatic nitrogens is 1. The molecule has 2 amide bonds. The first-order valence-corrected chi connectivity index (χ1v) is 13.6. The number of aromatic amines is 1. The predicted octanol–water partition coefficient (Wildman–Crippen LogP) is 5.23. The van der Waals surface area contributed by atoms with E-state index in [4.69, 9.17) is 4.42 Å². The molecule has 1 saturated heterocycles. The normalized spacial score (nSPS) is 14.6. The number of nitrogens with one attached hydrogen (secondary N) is 2. The number of hydrogen-bond acceptors (Lipinski definition) is 6. The predicted molar refractivity (Wildman–Crippen MR) is 153 cm³/mol. The van der Waals surface area contributed by atoms with Gasteiger partial charge in [0, 0.05) is 59.8 Å². The molecule has 1 aliphatic heterocycles. The van der Waals surface area contributed by atoms with Crippen LogP contribution in [0.25, 0.3) is 21.9 Å². The zero-order valence-electron chi connectivity index (χ0n) is 22.8. The second kappa shape index (κ2) is 11.0. The van der Waals surface area contributed by atoms with Gasteiger partial charge >= 0.3 is 0 Å². The summed E-state index contributed by atoms with van der Waals surface area (Å²) in [5.74, 6) is -0.709. The summed E-state index contributed by atoms with van der Waals surface area (Å²) < 4.78 is 5.71. The van der Waals surface area contributed by atoms with Crippen LogP contribution in [0.15, 0.2) is 53.1 Å². The molecule has 5 rings (SSSR count).